The molecule has 128 valence electrons. The second-order valence-corrected chi connectivity index (χ2v) is 6.23. The molecule has 0 spiro atoms. The summed E-state index contributed by atoms with van der Waals surface area (Å²) in [5.74, 6) is 1.41. The van der Waals surface area contributed by atoms with Crippen molar-refractivity contribution in [3.8, 4) is 0 Å². The predicted octanol–water partition coefficient (Wildman–Crippen LogP) is 3.71. The maximum atomic E-state index is 7.45. The van der Waals surface area contributed by atoms with Gasteiger partial charge in [0.1, 0.15) is 11.5 Å². The number of H-pyrrole nitrogens is 1. The number of hydrogen-bond donors (Lipinski definition) is 5. The van der Waals surface area contributed by atoms with Crippen LogP contribution >= 0.6 is 0 Å². The molecule has 1 fully saturated rings. The zero-order valence-electron chi connectivity index (χ0n) is 14.1. The summed E-state index contributed by atoms with van der Waals surface area (Å²) >= 11 is 0. The van der Waals surface area contributed by atoms with Crippen LogP contribution in [-0.4, -0.2) is 34.3 Å². The Bertz CT molecular complexity index is 911. The Morgan fingerprint density at radius 3 is 2.84 bits per heavy atom. The molecule has 2 aromatic heterocycles. The second kappa shape index (κ2) is 6.43. The van der Waals surface area contributed by atoms with Crippen molar-refractivity contribution in [3.05, 3.63) is 36.0 Å². The summed E-state index contributed by atoms with van der Waals surface area (Å²) in [6, 6.07) is 8.26. The molecule has 5 N–H and O–H groups in total. The fourth-order valence-electron chi connectivity index (χ4n) is 2.96. The fraction of sp³-hybridized carbons (Fsp3) is 0.278. The Kier molecular flexibility index (Phi) is 3.97. The van der Waals surface area contributed by atoms with Gasteiger partial charge in [0.15, 0.2) is 0 Å². The molecule has 1 aliphatic carbocycles. The quantitative estimate of drug-likeness (QED) is 0.442. The highest BCUT2D eigenvalue weighted by Crippen LogP contribution is 2.28. The third kappa shape index (κ3) is 3.00. The SMILES string of the molecule is CNc1cc(Nc2nc(NC3CCC3)c3cc[nH]c3n2)ccc1C=N. The minimum atomic E-state index is 0.503. The van der Waals surface area contributed by atoms with Gasteiger partial charge in [-0.3, -0.25) is 0 Å². The van der Waals surface area contributed by atoms with Gasteiger partial charge < -0.3 is 26.3 Å². The molecular formula is C18H21N7. The van der Waals surface area contributed by atoms with E-state index >= 15 is 0 Å². The van der Waals surface area contributed by atoms with E-state index in [1.165, 1.54) is 25.5 Å². The van der Waals surface area contributed by atoms with Crippen LogP contribution in [0.2, 0.25) is 0 Å². The molecule has 7 heteroatoms. The third-order valence-corrected chi connectivity index (χ3v) is 4.60. The first-order valence-corrected chi connectivity index (χ1v) is 8.48. The molecule has 0 aliphatic heterocycles. The molecule has 0 radical (unpaired) electrons. The number of anilines is 4. The van der Waals surface area contributed by atoms with Crippen molar-refractivity contribution < 1.29 is 0 Å². The standard InChI is InChI=1S/C18H21N7/c1-20-15-9-13(6-5-11(15)10-19)23-18-24-16-14(7-8-21-16)17(25-18)22-12-3-2-4-12/h5-10,12,19-20H,2-4H2,1H3,(H3,21,22,23,24,25). The van der Waals surface area contributed by atoms with E-state index in [4.69, 9.17) is 5.41 Å². The van der Waals surface area contributed by atoms with Gasteiger partial charge in [0.25, 0.3) is 0 Å². The van der Waals surface area contributed by atoms with Gasteiger partial charge >= 0.3 is 0 Å². The van der Waals surface area contributed by atoms with E-state index in [0.29, 0.717) is 12.0 Å². The van der Waals surface area contributed by atoms with E-state index in [-0.39, 0.29) is 0 Å². The van der Waals surface area contributed by atoms with Gasteiger partial charge in [-0.15, -0.1) is 0 Å². The molecule has 4 rings (SSSR count). The van der Waals surface area contributed by atoms with Gasteiger partial charge in [0.05, 0.1) is 5.39 Å². The number of rotatable bonds is 6. The predicted molar refractivity (Wildman–Crippen MR) is 102 cm³/mol. The van der Waals surface area contributed by atoms with Crippen molar-refractivity contribution in [2.24, 2.45) is 0 Å². The van der Waals surface area contributed by atoms with E-state index < -0.39 is 0 Å². The van der Waals surface area contributed by atoms with E-state index in [2.05, 4.69) is 30.9 Å². The Morgan fingerprint density at radius 2 is 2.12 bits per heavy atom. The number of hydrogen-bond acceptors (Lipinski definition) is 6. The van der Waals surface area contributed by atoms with Crippen molar-refractivity contribution in [2.75, 3.05) is 23.0 Å². The van der Waals surface area contributed by atoms with Crippen LogP contribution < -0.4 is 16.0 Å². The molecule has 0 unspecified atom stereocenters. The van der Waals surface area contributed by atoms with Gasteiger partial charge in [-0.05, 0) is 43.5 Å². The van der Waals surface area contributed by atoms with Crippen LogP contribution in [0.3, 0.4) is 0 Å². The lowest BCUT2D eigenvalue weighted by Crippen LogP contribution is -2.27. The molecule has 7 nitrogen and oxygen atoms in total. The van der Waals surface area contributed by atoms with Crippen molar-refractivity contribution in [3.63, 3.8) is 0 Å². The first kappa shape index (κ1) is 15.4. The molecular weight excluding hydrogens is 314 g/mol. The van der Waals surface area contributed by atoms with Gasteiger partial charge in [-0.1, -0.05) is 0 Å². The van der Waals surface area contributed by atoms with E-state index in [0.717, 1.165) is 33.8 Å². The lowest BCUT2D eigenvalue weighted by Gasteiger charge is -2.27. The maximum absolute atomic E-state index is 7.45. The van der Waals surface area contributed by atoms with Crippen LogP contribution in [0.25, 0.3) is 11.0 Å². The summed E-state index contributed by atoms with van der Waals surface area (Å²) in [5, 5.41) is 18.3. The summed E-state index contributed by atoms with van der Waals surface area (Å²) in [6.45, 7) is 0. The van der Waals surface area contributed by atoms with Crippen LogP contribution in [0, 0.1) is 5.41 Å². The molecule has 0 amide bonds. The van der Waals surface area contributed by atoms with Crippen molar-refractivity contribution >= 4 is 40.4 Å². The number of aromatic nitrogens is 3. The molecule has 1 aliphatic rings. The van der Waals surface area contributed by atoms with E-state index in [1.807, 2.05) is 37.5 Å². The molecule has 0 atom stereocenters. The normalized spacial score (nSPS) is 14.1. The molecule has 0 saturated heterocycles. The largest absolute Gasteiger partial charge is 0.388 e. The smallest absolute Gasteiger partial charge is 0.231 e. The first-order chi connectivity index (χ1) is 12.3. The van der Waals surface area contributed by atoms with Crippen molar-refractivity contribution in [2.45, 2.75) is 25.3 Å². The molecule has 3 aromatic rings. The number of nitrogens with zero attached hydrogens (tertiary/aromatic N) is 2. The Hall–Kier alpha value is -3.09. The van der Waals surface area contributed by atoms with Gasteiger partial charge in [-0.2, -0.15) is 9.97 Å². The first-order valence-electron chi connectivity index (χ1n) is 8.48. The average Bonchev–Trinajstić information content (AvgIpc) is 3.06. The van der Waals surface area contributed by atoms with E-state index in [9.17, 15) is 0 Å². The Morgan fingerprint density at radius 1 is 1.24 bits per heavy atom. The van der Waals surface area contributed by atoms with Crippen molar-refractivity contribution in [1.29, 1.82) is 5.41 Å². The zero-order valence-corrected chi connectivity index (χ0v) is 14.1. The van der Waals surface area contributed by atoms with Crippen LogP contribution in [0.1, 0.15) is 24.8 Å². The Labute approximate surface area is 145 Å². The highest BCUT2D eigenvalue weighted by molar-refractivity contribution is 5.89. The lowest BCUT2D eigenvalue weighted by molar-refractivity contribution is 0.445. The zero-order chi connectivity index (χ0) is 17.2. The second-order valence-electron chi connectivity index (χ2n) is 6.23. The number of fused-ring (bicyclic) bond motifs is 1. The maximum Gasteiger partial charge on any atom is 0.231 e. The molecule has 25 heavy (non-hydrogen) atoms. The molecule has 0 bridgehead atoms. The molecule has 2 heterocycles. The van der Waals surface area contributed by atoms with Crippen LogP contribution in [0.5, 0.6) is 0 Å². The van der Waals surface area contributed by atoms with Gasteiger partial charge in [0.2, 0.25) is 5.95 Å². The minimum absolute atomic E-state index is 0.503. The van der Waals surface area contributed by atoms with Gasteiger partial charge in [-0.25, -0.2) is 0 Å². The minimum Gasteiger partial charge on any atom is -0.388 e. The fourth-order valence-corrected chi connectivity index (χ4v) is 2.96. The third-order valence-electron chi connectivity index (χ3n) is 4.60. The van der Waals surface area contributed by atoms with E-state index in [1.54, 1.807) is 0 Å². The van der Waals surface area contributed by atoms with Crippen molar-refractivity contribution in [1.82, 2.24) is 15.0 Å². The summed E-state index contributed by atoms with van der Waals surface area (Å²) in [7, 11) is 1.84. The van der Waals surface area contributed by atoms with Gasteiger partial charge in [0, 0.05) is 42.4 Å². The number of nitrogens with one attached hydrogen (secondary N) is 5. The Balaban J connectivity index is 1.65. The number of benzene rings is 1. The monoisotopic (exact) mass is 335 g/mol. The van der Waals surface area contributed by atoms with Crippen LogP contribution in [0.15, 0.2) is 30.5 Å². The summed E-state index contributed by atoms with van der Waals surface area (Å²) in [5.41, 5.74) is 3.40. The lowest BCUT2D eigenvalue weighted by atomic mass is 9.93. The summed E-state index contributed by atoms with van der Waals surface area (Å²) in [6.07, 6.45) is 6.87. The van der Waals surface area contributed by atoms with Crippen LogP contribution in [0.4, 0.5) is 23.1 Å². The molecule has 1 aromatic carbocycles. The highest BCUT2D eigenvalue weighted by atomic mass is 15.2. The van der Waals surface area contributed by atoms with Crippen LogP contribution in [-0.2, 0) is 0 Å². The topological polar surface area (TPSA) is 102 Å². The number of aromatic amines is 1. The molecule has 1 saturated carbocycles. The highest BCUT2D eigenvalue weighted by Gasteiger charge is 2.19. The summed E-state index contributed by atoms with van der Waals surface area (Å²) in [4.78, 5) is 12.4. The average molecular weight is 335 g/mol. The summed E-state index contributed by atoms with van der Waals surface area (Å²) < 4.78 is 0.